The monoisotopic (exact) mass is 264 g/mol. The largest absolute Gasteiger partial charge is 0.378 e. The topological polar surface area (TPSA) is 9.23 Å². The van der Waals surface area contributed by atoms with Crippen molar-refractivity contribution in [3.05, 3.63) is 0 Å². The van der Waals surface area contributed by atoms with Crippen molar-refractivity contribution < 1.29 is 17.9 Å². The van der Waals surface area contributed by atoms with Crippen molar-refractivity contribution in [3.8, 4) is 0 Å². The summed E-state index contributed by atoms with van der Waals surface area (Å²) < 4.78 is 46.7. The molecule has 18 heavy (non-hydrogen) atoms. The van der Waals surface area contributed by atoms with Gasteiger partial charge in [-0.1, -0.05) is 6.92 Å². The van der Waals surface area contributed by atoms with Gasteiger partial charge >= 0.3 is 0 Å². The molecule has 0 bridgehead atoms. The van der Waals surface area contributed by atoms with Crippen molar-refractivity contribution in [3.63, 3.8) is 0 Å². The summed E-state index contributed by atoms with van der Waals surface area (Å²) in [7, 11) is 1.51. The Morgan fingerprint density at radius 3 is 2.28 bits per heavy atom. The molecule has 0 spiro atoms. The maximum absolute atomic E-state index is 14.1. The first-order valence-corrected chi connectivity index (χ1v) is 6.99. The molecule has 2 aliphatic rings. The average Bonchev–Trinajstić information content (AvgIpc) is 2.36. The van der Waals surface area contributed by atoms with E-state index in [1.54, 1.807) is 6.92 Å². The van der Waals surface area contributed by atoms with Crippen LogP contribution in [0.3, 0.4) is 0 Å². The Balaban J connectivity index is 1.96. The van der Waals surface area contributed by atoms with Gasteiger partial charge in [-0.25, -0.2) is 13.2 Å². The molecular formula is C14H23F3O. The molecule has 2 rings (SSSR count). The fraction of sp³-hybridized carbons (Fsp3) is 1.00. The molecule has 0 heterocycles. The molecular weight excluding hydrogens is 241 g/mol. The third-order valence-corrected chi connectivity index (χ3v) is 4.87. The number of halogens is 3. The zero-order valence-electron chi connectivity index (χ0n) is 11.1. The predicted molar refractivity (Wildman–Crippen MR) is 64.7 cm³/mol. The maximum atomic E-state index is 14.1. The van der Waals surface area contributed by atoms with E-state index >= 15 is 0 Å². The Morgan fingerprint density at radius 2 is 1.67 bits per heavy atom. The standard InChI is InChI=1S/C14H23F3O/c1-8-3-5-10(14(17)13(8)16)9-4-6-12(18-2)11(15)7-9/h8-14H,3-7H2,1-2H3. The van der Waals surface area contributed by atoms with Crippen LogP contribution >= 0.6 is 0 Å². The normalized spacial score (nSPS) is 50.2. The SMILES string of the molecule is COC1CCC(C2CCC(C)C(F)C2F)CC1F. The number of hydrogen-bond acceptors (Lipinski definition) is 1. The molecule has 1 nitrogen and oxygen atoms in total. The van der Waals surface area contributed by atoms with Crippen molar-refractivity contribution in [2.24, 2.45) is 17.8 Å². The lowest BCUT2D eigenvalue weighted by atomic mass is 9.69. The Labute approximate surface area is 107 Å². The Morgan fingerprint density at radius 1 is 0.944 bits per heavy atom. The van der Waals surface area contributed by atoms with Crippen LogP contribution in [0.15, 0.2) is 0 Å². The number of alkyl halides is 3. The highest BCUT2D eigenvalue weighted by Crippen LogP contribution is 2.43. The molecule has 0 aromatic rings. The van der Waals surface area contributed by atoms with E-state index < -0.39 is 18.5 Å². The number of ether oxygens (including phenoxy) is 1. The van der Waals surface area contributed by atoms with E-state index in [1.165, 1.54) is 7.11 Å². The summed E-state index contributed by atoms with van der Waals surface area (Å²) in [5.41, 5.74) is 0. The van der Waals surface area contributed by atoms with E-state index in [4.69, 9.17) is 4.74 Å². The molecule has 106 valence electrons. The smallest absolute Gasteiger partial charge is 0.134 e. The maximum Gasteiger partial charge on any atom is 0.134 e. The minimum atomic E-state index is -1.41. The van der Waals surface area contributed by atoms with Gasteiger partial charge in [0, 0.05) is 7.11 Å². The highest BCUT2D eigenvalue weighted by atomic mass is 19.2. The van der Waals surface area contributed by atoms with Crippen LogP contribution in [0.5, 0.6) is 0 Å². The van der Waals surface area contributed by atoms with Crippen LogP contribution in [0, 0.1) is 17.8 Å². The molecule has 2 fully saturated rings. The van der Waals surface area contributed by atoms with Crippen LogP contribution in [0.1, 0.15) is 39.0 Å². The lowest BCUT2D eigenvalue weighted by molar-refractivity contribution is -0.0499. The van der Waals surface area contributed by atoms with Crippen LogP contribution in [0.2, 0.25) is 0 Å². The van der Waals surface area contributed by atoms with E-state index in [9.17, 15) is 13.2 Å². The first-order valence-electron chi connectivity index (χ1n) is 6.99. The highest BCUT2D eigenvalue weighted by Gasteiger charge is 2.44. The molecule has 0 aromatic carbocycles. The number of methoxy groups -OCH3 is 1. The third-order valence-electron chi connectivity index (χ3n) is 4.87. The summed E-state index contributed by atoms with van der Waals surface area (Å²) in [5.74, 6) is -0.521. The lowest BCUT2D eigenvalue weighted by Gasteiger charge is -2.41. The molecule has 0 saturated heterocycles. The number of hydrogen-bond donors (Lipinski definition) is 0. The van der Waals surface area contributed by atoms with Crippen molar-refractivity contribution in [2.45, 2.75) is 63.6 Å². The molecule has 0 aliphatic heterocycles. The van der Waals surface area contributed by atoms with E-state index in [-0.39, 0.29) is 23.9 Å². The lowest BCUT2D eigenvalue weighted by Crippen LogP contribution is -2.43. The quantitative estimate of drug-likeness (QED) is 0.736. The van der Waals surface area contributed by atoms with Crippen molar-refractivity contribution in [1.29, 1.82) is 0 Å². The predicted octanol–water partition coefficient (Wildman–Crippen LogP) is 3.86. The molecule has 2 aliphatic carbocycles. The second-order valence-electron chi connectivity index (χ2n) is 5.97. The molecule has 0 amide bonds. The van der Waals surface area contributed by atoms with Crippen LogP contribution in [0.25, 0.3) is 0 Å². The fourth-order valence-corrected chi connectivity index (χ4v) is 3.59. The van der Waals surface area contributed by atoms with E-state index in [0.29, 0.717) is 25.7 Å². The summed E-state index contributed by atoms with van der Waals surface area (Å²) in [6, 6.07) is 0. The fourth-order valence-electron chi connectivity index (χ4n) is 3.59. The van der Waals surface area contributed by atoms with Crippen LogP contribution in [-0.4, -0.2) is 31.7 Å². The van der Waals surface area contributed by atoms with Crippen molar-refractivity contribution in [1.82, 2.24) is 0 Å². The van der Waals surface area contributed by atoms with E-state index in [0.717, 1.165) is 6.42 Å². The Kier molecular flexibility index (Phi) is 4.57. The molecule has 4 heteroatoms. The van der Waals surface area contributed by atoms with Gasteiger partial charge < -0.3 is 4.74 Å². The Hall–Kier alpha value is -0.250. The van der Waals surface area contributed by atoms with Gasteiger partial charge in [0.2, 0.25) is 0 Å². The zero-order chi connectivity index (χ0) is 13.3. The molecule has 0 N–H and O–H groups in total. The van der Waals surface area contributed by atoms with Crippen LogP contribution < -0.4 is 0 Å². The van der Waals surface area contributed by atoms with Gasteiger partial charge in [0.05, 0.1) is 6.10 Å². The minimum Gasteiger partial charge on any atom is -0.378 e. The Bertz CT molecular complexity index is 274. The van der Waals surface area contributed by atoms with E-state index in [1.807, 2.05) is 0 Å². The summed E-state index contributed by atoms with van der Waals surface area (Å²) in [4.78, 5) is 0. The zero-order valence-corrected chi connectivity index (χ0v) is 11.1. The van der Waals surface area contributed by atoms with Crippen LogP contribution in [-0.2, 0) is 4.74 Å². The molecule has 7 unspecified atom stereocenters. The van der Waals surface area contributed by atoms with Gasteiger partial charge in [-0.2, -0.15) is 0 Å². The van der Waals surface area contributed by atoms with Gasteiger partial charge in [0.25, 0.3) is 0 Å². The molecule has 2 saturated carbocycles. The van der Waals surface area contributed by atoms with Crippen LogP contribution in [0.4, 0.5) is 13.2 Å². The van der Waals surface area contributed by atoms with Gasteiger partial charge in [0.1, 0.15) is 18.5 Å². The second-order valence-corrected chi connectivity index (χ2v) is 5.97. The first kappa shape index (κ1) is 14.2. The van der Waals surface area contributed by atoms with Gasteiger partial charge in [-0.3, -0.25) is 0 Å². The summed E-state index contributed by atoms with van der Waals surface area (Å²) >= 11 is 0. The minimum absolute atomic E-state index is 0.0212. The second kappa shape index (κ2) is 5.81. The molecule has 0 radical (unpaired) electrons. The van der Waals surface area contributed by atoms with Gasteiger partial charge in [-0.05, 0) is 49.9 Å². The van der Waals surface area contributed by atoms with Gasteiger partial charge in [0.15, 0.2) is 0 Å². The average molecular weight is 264 g/mol. The third kappa shape index (κ3) is 2.68. The van der Waals surface area contributed by atoms with Crippen molar-refractivity contribution in [2.75, 3.05) is 7.11 Å². The summed E-state index contributed by atoms with van der Waals surface area (Å²) in [6.45, 7) is 1.76. The molecule has 7 atom stereocenters. The summed E-state index contributed by atoms with van der Waals surface area (Å²) in [6.07, 6.45) is -1.06. The van der Waals surface area contributed by atoms with Crippen molar-refractivity contribution >= 4 is 0 Å². The first-order chi connectivity index (χ1) is 8.54. The number of rotatable bonds is 2. The summed E-state index contributed by atoms with van der Waals surface area (Å²) in [5, 5.41) is 0. The van der Waals surface area contributed by atoms with E-state index in [2.05, 4.69) is 0 Å². The molecule has 0 aromatic heterocycles. The van der Waals surface area contributed by atoms with Gasteiger partial charge in [-0.15, -0.1) is 0 Å². The highest BCUT2D eigenvalue weighted by molar-refractivity contribution is 4.93.